The number of ether oxygens (including phenoxy) is 1. The first-order valence-corrected chi connectivity index (χ1v) is 10.2. The van der Waals surface area contributed by atoms with Crippen LogP contribution in [0.5, 0.6) is 0 Å². The van der Waals surface area contributed by atoms with E-state index in [1.165, 1.54) is 0 Å². The number of hydrogen-bond acceptors (Lipinski definition) is 5. The van der Waals surface area contributed by atoms with Crippen LogP contribution in [-0.4, -0.2) is 42.2 Å². The predicted octanol–water partition coefficient (Wildman–Crippen LogP) is 3.77. The molecule has 1 fully saturated rings. The van der Waals surface area contributed by atoms with Crippen LogP contribution in [0.1, 0.15) is 37.7 Å². The summed E-state index contributed by atoms with van der Waals surface area (Å²) in [6, 6.07) is 7.17. The Morgan fingerprint density at radius 1 is 1.24 bits per heavy atom. The fraction of sp³-hybridized carbons (Fsp3) is 0.524. The lowest BCUT2D eigenvalue weighted by Crippen LogP contribution is -2.43. The molecule has 8 heteroatoms. The van der Waals surface area contributed by atoms with Crippen LogP contribution < -0.4 is 5.32 Å². The molecule has 0 radical (unpaired) electrons. The van der Waals surface area contributed by atoms with E-state index in [2.05, 4.69) is 21.5 Å². The standard InChI is InChI=1S/C21H25ClN4O3/c1-2-3-10-21(24-25-21)11-12-23-19(27)17-8-13-26(14-9-17)20(28)29-15-16-4-6-18(22)7-5-16/h1,4-7,17H,3,8-15H2,(H,23,27). The monoisotopic (exact) mass is 416 g/mol. The van der Waals surface area contributed by atoms with Gasteiger partial charge in [-0.15, -0.1) is 12.3 Å². The van der Waals surface area contributed by atoms with Crippen molar-refractivity contribution in [3.05, 3.63) is 34.9 Å². The fourth-order valence-electron chi connectivity index (χ4n) is 3.34. The summed E-state index contributed by atoms with van der Waals surface area (Å²) in [5.41, 5.74) is 0.503. The van der Waals surface area contributed by atoms with Crippen LogP contribution in [-0.2, 0) is 16.1 Å². The van der Waals surface area contributed by atoms with Crippen LogP contribution in [0.3, 0.4) is 0 Å². The third-order valence-electron chi connectivity index (χ3n) is 5.28. The Morgan fingerprint density at radius 2 is 1.93 bits per heavy atom. The number of nitrogens with one attached hydrogen (secondary N) is 1. The van der Waals surface area contributed by atoms with Crippen molar-refractivity contribution in [2.45, 2.75) is 44.4 Å². The largest absolute Gasteiger partial charge is 0.445 e. The molecule has 154 valence electrons. The summed E-state index contributed by atoms with van der Waals surface area (Å²) < 4.78 is 5.35. The number of halogens is 1. The van der Waals surface area contributed by atoms with Gasteiger partial charge in [0.1, 0.15) is 6.61 Å². The van der Waals surface area contributed by atoms with Gasteiger partial charge in [-0.2, -0.15) is 10.2 Å². The van der Waals surface area contributed by atoms with Gasteiger partial charge in [-0.1, -0.05) is 23.7 Å². The molecular weight excluding hydrogens is 392 g/mol. The van der Waals surface area contributed by atoms with Gasteiger partial charge in [-0.3, -0.25) is 4.79 Å². The number of piperidine rings is 1. The molecule has 0 atom stereocenters. The first-order chi connectivity index (χ1) is 14.0. The zero-order chi connectivity index (χ0) is 20.7. The summed E-state index contributed by atoms with van der Waals surface area (Å²) in [6.45, 7) is 1.75. The SMILES string of the molecule is C#CCCC1(CCNC(=O)C2CCN(C(=O)OCc3ccc(Cl)cc3)CC2)N=N1. The van der Waals surface area contributed by atoms with Gasteiger partial charge in [0.15, 0.2) is 5.66 Å². The smallest absolute Gasteiger partial charge is 0.410 e. The van der Waals surface area contributed by atoms with Crippen LogP contribution in [0.15, 0.2) is 34.5 Å². The zero-order valence-corrected chi connectivity index (χ0v) is 17.0. The number of nitrogens with zero attached hydrogens (tertiary/aromatic N) is 3. The van der Waals surface area contributed by atoms with Crippen LogP contribution in [0, 0.1) is 18.3 Å². The number of likely N-dealkylation sites (tertiary alicyclic amines) is 1. The molecule has 0 aromatic heterocycles. The average Bonchev–Trinajstić information content (AvgIpc) is 3.51. The van der Waals surface area contributed by atoms with E-state index in [0.29, 0.717) is 50.3 Å². The van der Waals surface area contributed by atoms with Crippen molar-refractivity contribution in [3.8, 4) is 12.3 Å². The molecule has 2 amide bonds. The highest BCUT2D eigenvalue weighted by Crippen LogP contribution is 2.36. The average molecular weight is 417 g/mol. The molecule has 1 aromatic rings. The zero-order valence-electron chi connectivity index (χ0n) is 16.3. The summed E-state index contributed by atoms with van der Waals surface area (Å²) in [5, 5.41) is 11.7. The lowest BCUT2D eigenvalue weighted by atomic mass is 9.96. The van der Waals surface area contributed by atoms with Crippen LogP contribution in [0.25, 0.3) is 0 Å². The maximum absolute atomic E-state index is 12.4. The van der Waals surface area contributed by atoms with Gasteiger partial charge in [0.25, 0.3) is 0 Å². The van der Waals surface area contributed by atoms with Gasteiger partial charge >= 0.3 is 6.09 Å². The van der Waals surface area contributed by atoms with E-state index in [1.807, 2.05) is 12.1 Å². The van der Waals surface area contributed by atoms with Gasteiger partial charge in [0, 0.05) is 49.8 Å². The summed E-state index contributed by atoms with van der Waals surface area (Å²) in [5.74, 6) is 2.52. The van der Waals surface area contributed by atoms with Crippen molar-refractivity contribution in [3.63, 3.8) is 0 Å². The summed E-state index contributed by atoms with van der Waals surface area (Å²) in [6.07, 6.45) is 8.21. The third-order valence-corrected chi connectivity index (χ3v) is 5.53. The molecule has 1 aromatic carbocycles. The van der Waals surface area contributed by atoms with Gasteiger partial charge in [-0.25, -0.2) is 4.79 Å². The van der Waals surface area contributed by atoms with Crippen molar-refractivity contribution in [1.29, 1.82) is 0 Å². The van der Waals surface area contributed by atoms with E-state index in [1.54, 1.807) is 17.0 Å². The quantitative estimate of drug-likeness (QED) is 0.654. The molecule has 0 bridgehead atoms. The van der Waals surface area contributed by atoms with E-state index in [-0.39, 0.29) is 30.2 Å². The summed E-state index contributed by atoms with van der Waals surface area (Å²) in [4.78, 5) is 26.3. The highest BCUT2D eigenvalue weighted by atomic mass is 35.5. The van der Waals surface area contributed by atoms with Gasteiger partial charge in [0.05, 0.1) is 0 Å². The van der Waals surface area contributed by atoms with E-state index in [4.69, 9.17) is 22.8 Å². The van der Waals surface area contributed by atoms with Crippen molar-refractivity contribution >= 4 is 23.6 Å². The molecule has 1 N–H and O–H groups in total. The van der Waals surface area contributed by atoms with Gasteiger partial charge in [-0.05, 0) is 30.5 Å². The molecule has 2 aliphatic rings. The van der Waals surface area contributed by atoms with Crippen LogP contribution in [0.2, 0.25) is 5.02 Å². The van der Waals surface area contributed by atoms with E-state index < -0.39 is 0 Å². The van der Waals surface area contributed by atoms with E-state index in [0.717, 1.165) is 12.0 Å². The highest BCUT2D eigenvalue weighted by molar-refractivity contribution is 6.30. The van der Waals surface area contributed by atoms with Gasteiger partial charge in [0.2, 0.25) is 5.91 Å². The molecule has 2 heterocycles. The lowest BCUT2D eigenvalue weighted by Gasteiger charge is -2.30. The highest BCUT2D eigenvalue weighted by Gasteiger charge is 2.39. The first-order valence-electron chi connectivity index (χ1n) is 9.83. The molecule has 0 saturated carbocycles. The molecule has 0 aliphatic carbocycles. The van der Waals surface area contributed by atoms with Crippen molar-refractivity contribution in [2.24, 2.45) is 16.1 Å². The van der Waals surface area contributed by atoms with Crippen LogP contribution >= 0.6 is 11.6 Å². The minimum atomic E-state index is -0.378. The Labute approximate surface area is 175 Å². The minimum absolute atomic E-state index is 0.0203. The normalized spacial score (nSPS) is 17.4. The topological polar surface area (TPSA) is 83.4 Å². The second kappa shape index (κ2) is 9.75. The molecule has 0 unspecified atom stereocenters. The summed E-state index contributed by atoms with van der Waals surface area (Å²) in [7, 11) is 0. The minimum Gasteiger partial charge on any atom is -0.445 e. The number of benzene rings is 1. The number of carbonyl (C=O) groups is 2. The number of rotatable bonds is 8. The Balaban J connectivity index is 1.33. The summed E-state index contributed by atoms with van der Waals surface area (Å²) >= 11 is 5.85. The first kappa shape index (κ1) is 21.1. The molecular formula is C21H25ClN4O3. The molecule has 7 nitrogen and oxygen atoms in total. The Kier molecular flexibility index (Phi) is 7.10. The number of carbonyl (C=O) groups excluding carboxylic acids is 2. The second-order valence-corrected chi connectivity index (χ2v) is 7.81. The maximum Gasteiger partial charge on any atom is 0.410 e. The molecule has 1 saturated heterocycles. The van der Waals surface area contributed by atoms with Crippen LogP contribution in [0.4, 0.5) is 4.79 Å². The van der Waals surface area contributed by atoms with Crippen molar-refractivity contribution in [1.82, 2.24) is 10.2 Å². The van der Waals surface area contributed by atoms with E-state index >= 15 is 0 Å². The molecule has 0 spiro atoms. The number of amides is 2. The maximum atomic E-state index is 12.4. The fourth-order valence-corrected chi connectivity index (χ4v) is 3.47. The molecule has 2 aliphatic heterocycles. The predicted molar refractivity (Wildman–Crippen MR) is 109 cm³/mol. The second-order valence-electron chi connectivity index (χ2n) is 7.37. The van der Waals surface area contributed by atoms with Crippen molar-refractivity contribution < 1.29 is 14.3 Å². The lowest BCUT2D eigenvalue weighted by molar-refractivity contribution is -0.126. The van der Waals surface area contributed by atoms with E-state index in [9.17, 15) is 9.59 Å². The number of terminal acetylenes is 1. The molecule has 3 rings (SSSR count). The third kappa shape index (κ3) is 6.20. The Bertz CT molecular complexity index is 789. The Morgan fingerprint density at radius 3 is 2.55 bits per heavy atom. The number of hydrogen-bond donors (Lipinski definition) is 1. The van der Waals surface area contributed by atoms with Gasteiger partial charge < -0.3 is 15.0 Å². The van der Waals surface area contributed by atoms with Crippen molar-refractivity contribution in [2.75, 3.05) is 19.6 Å². The molecule has 29 heavy (non-hydrogen) atoms. The Hall–Kier alpha value is -2.59.